The van der Waals surface area contributed by atoms with Gasteiger partial charge < -0.3 is 10.6 Å². The molecular formula is C14H15BrN2O2. The third-order valence-corrected chi connectivity index (χ3v) is 2.81. The SMILES string of the molecule is CC=CC=CC(=O)NCC(=O)Nc1ccccc1Br. The van der Waals surface area contributed by atoms with Crippen LogP contribution in [0.5, 0.6) is 0 Å². The minimum atomic E-state index is -0.305. The molecular weight excluding hydrogens is 308 g/mol. The van der Waals surface area contributed by atoms with E-state index in [9.17, 15) is 9.59 Å². The van der Waals surface area contributed by atoms with Crippen molar-refractivity contribution in [3.05, 3.63) is 53.0 Å². The molecule has 0 aromatic heterocycles. The normalized spacial score (nSPS) is 10.8. The van der Waals surface area contributed by atoms with Crippen molar-refractivity contribution in [1.29, 1.82) is 0 Å². The number of amides is 2. The second kappa shape index (κ2) is 8.26. The van der Waals surface area contributed by atoms with E-state index in [1.54, 1.807) is 18.2 Å². The van der Waals surface area contributed by atoms with Gasteiger partial charge in [-0.05, 0) is 35.0 Å². The van der Waals surface area contributed by atoms with E-state index in [4.69, 9.17) is 0 Å². The molecule has 0 atom stereocenters. The van der Waals surface area contributed by atoms with E-state index in [2.05, 4.69) is 26.6 Å². The molecule has 100 valence electrons. The molecule has 2 amide bonds. The second-order valence-corrected chi connectivity index (χ2v) is 4.49. The molecule has 4 nitrogen and oxygen atoms in total. The molecule has 5 heteroatoms. The molecule has 2 N–H and O–H groups in total. The van der Waals surface area contributed by atoms with Crippen molar-refractivity contribution in [2.45, 2.75) is 6.92 Å². The maximum Gasteiger partial charge on any atom is 0.244 e. The number of halogens is 1. The largest absolute Gasteiger partial charge is 0.343 e. The Hall–Kier alpha value is -1.88. The van der Waals surface area contributed by atoms with Gasteiger partial charge in [0.2, 0.25) is 11.8 Å². The van der Waals surface area contributed by atoms with Gasteiger partial charge in [-0.3, -0.25) is 9.59 Å². The number of allylic oxidation sites excluding steroid dienone is 3. The minimum absolute atomic E-state index is 0.0691. The Morgan fingerprint density at radius 1 is 1.26 bits per heavy atom. The van der Waals surface area contributed by atoms with Crippen LogP contribution in [0, 0.1) is 0 Å². The van der Waals surface area contributed by atoms with Gasteiger partial charge in [0.1, 0.15) is 0 Å². The topological polar surface area (TPSA) is 58.2 Å². The highest BCUT2D eigenvalue weighted by Crippen LogP contribution is 2.20. The maximum atomic E-state index is 11.6. The zero-order valence-electron chi connectivity index (χ0n) is 10.5. The van der Waals surface area contributed by atoms with Gasteiger partial charge in [-0.1, -0.05) is 30.4 Å². The standard InChI is InChI=1S/C14H15BrN2O2/c1-2-3-4-9-13(18)16-10-14(19)17-12-8-6-5-7-11(12)15/h2-9H,10H2,1H3,(H,16,18)(H,17,19). The van der Waals surface area contributed by atoms with Gasteiger partial charge in [0.05, 0.1) is 12.2 Å². The summed E-state index contributed by atoms with van der Waals surface area (Å²) in [7, 11) is 0. The van der Waals surface area contributed by atoms with Crippen LogP contribution in [-0.2, 0) is 9.59 Å². The molecule has 0 unspecified atom stereocenters. The molecule has 1 aromatic carbocycles. The van der Waals surface area contributed by atoms with E-state index in [0.717, 1.165) is 4.47 Å². The Kier molecular flexibility index (Phi) is 6.60. The van der Waals surface area contributed by atoms with E-state index >= 15 is 0 Å². The molecule has 0 spiro atoms. The molecule has 0 heterocycles. The summed E-state index contributed by atoms with van der Waals surface area (Å²) in [6, 6.07) is 7.27. The van der Waals surface area contributed by atoms with Crippen molar-refractivity contribution in [1.82, 2.24) is 5.32 Å². The van der Waals surface area contributed by atoms with Crippen LogP contribution < -0.4 is 10.6 Å². The molecule has 0 saturated heterocycles. The van der Waals surface area contributed by atoms with Crippen LogP contribution >= 0.6 is 15.9 Å². The Labute approximate surface area is 120 Å². The van der Waals surface area contributed by atoms with E-state index in [-0.39, 0.29) is 18.4 Å². The molecule has 1 rings (SSSR count). The van der Waals surface area contributed by atoms with Gasteiger partial charge in [0, 0.05) is 10.5 Å². The third-order valence-electron chi connectivity index (χ3n) is 2.12. The highest BCUT2D eigenvalue weighted by molar-refractivity contribution is 9.10. The predicted octanol–water partition coefficient (Wildman–Crippen LogP) is 2.64. The summed E-state index contributed by atoms with van der Waals surface area (Å²) in [6.07, 6.45) is 6.52. The zero-order chi connectivity index (χ0) is 14.1. The fraction of sp³-hybridized carbons (Fsp3) is 0.143. The van der Waals surface area contributed by atoms with E-state index < -0.39 is 0 Å². The van der Waals surface area contributed by atoms with Crippen LogP contribution in [0.3, 0.4) is 0 Å². The summed E-state index contributed by atoms with van der Waals surface area (Å²) in [5.74, 6) is -0.583. The van der Waals surface area contributed by atoms with Gasteiger partial charge in [-0.25, -0.2) is 0 Å². The lowest BCUT2D eigenvalue weighted by Gasteiger charge is -2.07. The van der Waals surface area contributed by atoms with Gasteiger partial charge >= 0.3 is 0 Å². The molecule has 0 bridgehead atoms. The fourth-order valence-corrected chi connectivity index (χ4v) is 1.62. The smallest absolute Gasteiger partial charge is 0.244 e. The van der Waals surface area contributed by atoms with Crippen molar-refractivity contribution in [2.24, 2.45) is 0 Å². The van der Waals surface area contributed by atoms with Crippen LogP contribution in [0.15, 0.2) is 53.0 Å². The number of rotatable bonds is 5. The summed E-state index contributed by atoms with van der Waals surface area (Å²) < 4.78 is 0.794. The number of carbonyl (C=O) groups excluding carboxylic acids is 2. The highest BCUT2D eigenvalue weighted by atomic mass is 79.9. The average Bonchev–Trinajstić information content (AvgIpc) is 2.39. The third kappa shape index (κ3) is 6.01. The number of nitrogens with one attached hydrogen (secondary N) is 2. The van der Waals surface area contributed by atoms with E-state index in [0.29, 0.717) is 5.69 Å². The van der Waals surface area contributed by atoms with E-state index in [1.165, 1.54) is 6.08 Å². The van der Waals surface area contributed by atoms with Gasteiger partial charge in [0.25, 0.3) is 0 Å². The molecule has 0 aliphatic heterocycles. The number of hydrogen-bond acceptors (Lipinski definition) is 2. The Morgan fingerprint density at radius 3 is 2.68 bits per heavy atom. The average molecular weight is 323 g/mol. The Morgan fingerprint density at radius 2 is 2.00 bits per heavy atom. The molecule has 0 fully saturated rings. The van der Waals surface area contributed by atoms with Crippen molar-refractivity contribution in [3.63, 3.8) is 0 Å². The lowest BCUT2D eigenvalue weighted by atomic mass is 10.3. The molecule has 0 radical (unpaired) electrons. The Bertz CT molecular complexity index is 510. The fourth-order valence-electron chi connectivity index (χ4n) is 1.24. The first-order valence-corrected chi connectivity index (χ1v) is 6.54. The minimum Gasteiger partial charge on any atom is -0.343 e. The van der Waals surface area contributed by atoms with Crippen LogP contribution in [0.2, 0.25) is 0 Å². The first-order valence-electron chi connectivity index (χ1n) is 5.75. The van der Waals surface area contributed by atoms with Crippen LogP contribution in [0.25, 0.3) is 0 Å². The Balaban J connectivity index is 2.40. The predicted molar refractivity (Wildman–Crippen MR) is 79.7 cm³/mol. The number of benzene rings is 1. The summed E-state index contributed by atoms with van der Waals surface area (Å²) in [5.41, 5.74) is 0.672. The summed E-state index contributed by atoms with van der Waals surface area (Å²) >= 11 is 3.33. The highest BCUT2D eigenvalue weighted by Gasteiger charge is 2.05. The lowest BCUT2D eigenvalue weighted by Crippen LogP contribution is -2.31. The molecule has 0 aliphatic rings. The van der Waals surface area contributed by atoms with E-state index in [1.807, 2.05) is 31.2 Å². The maximum absolute atomic E-state index is 11.6. The van der Waals surface area contributed by atoms with Gasteiger partial charge in [0.15, 0.2) is 0 Å². The van der Waals surface area contributed by atoms with Crippen molar-refractivity contribution < 1.29 is 9.59 Å². The van der Waals surface area contributed by atoms with Crippen LogP contribution in [-0.4, -0.2) is 18.4 Å². The molecule has 19 heavy (non-hydrogen) atoms. The molecule has 0 aliphatic carbocycles. The van der Waals surface area contributed by atoms with Crippen LogP contribution in [0.4, 0.5) is 5.69 Å². The van der Waals surface area contributed by atoms with Crippen molar-refractivity contribution in [2.75, 3.05) is 11.9 Å². The van der Waals surface area contributed by atoms with Crippen molar-refractivity contribution in [3.8, 4) is 0 Å². The number of hydrogen-bond donors (Lipinski definition) is 2. The second-order valence-electron chi connectivity index (χ2n) is 3.63. The molecule has 1 aromatic rings. The monoisotopic (exact) mass is 322 g/mol. The summed E-state index contributed by atoms with van der Waals surface area (Å²) in [5, 5.41) is 5.19. The quantitative estimate of drug-likeness (QED) is 0.646. The van der Waals surface area contributed by atoms with Crippen molar-refractivity contribution >= 4 is 33.4 Å². The number of carbonyl (C=O) groups is 2. The van der Waals surface area contributed by atoms with Crippen LogP contribution in [0.1, 0.15) is 6.92 Å². The first-order chi connectivity index (χ1) is 9.13. The lowest BCUT2D eigenvalue weighted by molar-refractivity contribution is -0.121. The van der Waals surface area contributed by atoms with Gasteiger partial charge in [-0.2, -0.15) is 0 Å². The zero-order valence-corrected chi connectivity index (χ0v) is 12.1. The molecule has 0 saturated carbocycles. The number of anilines is 1. The van der Waals surface area contributed by atoms with Gasteiger partial charge in [-0.15, -0.1) is 0 Å². The first kappa shape index (κ1) is 15.2. The summed E-state index contributed by atoms with van der Waals surface area (Å²) in [6.45, 7) is 1.79. The number of para-hydroxylation sites is 1. The summed E-state index contributed by atoms with van der Waals surface area (Å²) in [4.78, 5) is 22.9.